The number of nitrogens with zero attached hydrogens (tertiary/aromatic N) is 5. The lowest BCUT2D eigenvalue weighted by molar-refractivity contribution is -0.135. The van der Waals surface area contributed by atoms with E-state index in [9.17, 15) is 4.79 Å². The van der Waals surface area contributed by atoms with Gasteiger partial charge in [-0.05, 0) is 50.5 Å². The van der Waals surface area contributed by atoms with E-state index in [-0.39, 0.29) is 11.8 Å². The SMILES string of the molecule is CCN(CC)C(=O)C1CCCN(c2ncnc3c2c(-c2ccccc2)cn3-c2cccc(Cl)c2)C1. The molecule has 1 fully saturated rings. The van der Waals surface area contributed by atoms with Crippen LogP contribution in [0.2, 0.25) is 5.02 Å². The van der Waals surface area contributed by atoms with E-state index >= 15 is 0 Å². The number of amides is 1. The van der Waals surface area contributed by atoms with E-state index < -0.39 is 0 Å². The Bertz CT molecular complexity index is 1330. The van der Waals surface area contributed by atoms with Crippen molar-refractivity contribution < 1.29 is 4.79 Å². The molecule has 7 heteroatoms. The van der Waals surface area contributed by atoms with Gasteiger partial charge in [-0.25, -0.2) is 9.97 Å². The molecule has 2 aromatic heterocycles. The zero-order valence-electron chi connectivity index (χ0n) is 20.2. The highest BCUT2D eigenvalue weighted by atomic mass is 35.5. The zero-order valence-corrected chi connectivity index (χ0v) is 20.9. The normalized spacial score (nSPS) is 16.0. The molecule has 180 valence electrons. The highest BCUT2D eigenvalue weighted by molar-refractivity contribution is 6.30. The maximum atomic E-state index is 13.2. The minimum Gasteiger partial charge on any atom is -0.355 e. The monoisotopic (exact) mass is 487 g/mol. The Balaban J connectivity index is 1.63. The van der Waals surface area contributed by atoms with Gasteiger partial charge < -0.3 is 14.4 Å². The molecule has 35 heavy (non-hydrogen) atoms. The molecule has 1 amide bonds. The van der Waals surface area contributed by atoms with Crippen molar-refractivity contribution in [3.8, 4) is 16.8 Å². The van der Waals surface area contributed by atoms with Crippen LogP contribution in [0.3, 0.4) is 0 Å². The second kappa shape index (κ2) is 10.1. The first-order chi connectivity index (χ1) is 17.1. The van der Waals surface area contributed by atoms with Crippen molar-refractivity contribution in [3.63, 3.8) is 0 Å². The summed E-state index contributed by atoms with van der Waals surface area (Å²) in [6.45, 7) is 7.10. The minimum atomic E-state index is -0.0242. The number of aromatic nitrogens is 3. The van der Waals surface area contributed by atoms with Gasteiger partial charge in [-0.3, -0.25) is 4.79 Å². The van der Waals surface area contributed by atoms with Gasteiger partial charge in [0.15, 0.2) is 5.65 Å². The largest absolute Gasteiger partial charge is 0.355 e. The molecule has 1 atom stereocenters. The number of anilines is 1. The summed E-state index contributed by atoms with van der Waals surface area (Å²) in [5, 5.41) is 1.67. The van der Waals surface area contributed by atoms with Crippen LogP contribution in [0.4, 0.5) is 5.82 Å². The summed E-state index contributed by atoms with van der Waals surface area (Å²) in [4.78, 5) is 26.8. The van der Waals surface area contributed by atoms with E-state index in [0.29, 0.717) is 11.6 Å². The van der Waals surface area contributed by atoms with Gasteiger partial charge in [-0.15, -0.1) is 0 Å². The number of carbonyl (C=O) groups excluding carboxylic acids is 1. The van der Waals surface area contributed by atoms with Gasteiger partial charge >= 0.3 is 0 Å². The Labute approximate surface area is 211 Å². The van der Waals surface area contributed by atoms with Crippen molar-refractivity contribution in [2.24, 2.45) is 5.92 Å². The number of fused-ring (bicyclic) bond motifs is 1. The lowest BCUT2D eigenvalue weighted by Gasteiger charge is -2.35. The van der Waals surface area contributed by atoms with E-state index in [4.69, 9.17) is 21.6 Å². The molecule has 2 aromatic carbocycles. The summed E-state index contributed by atoms with van der Waals surface area (Å²) in [6.07, 6.45) is 5.61. The van der Waals surface area contributed by atoms with Crippen molar-refractivity contribution in [2.75, 3.05) is 31.1 Å². The first-order valence-corrected chi connectivity index (χ1v) is 12.7. The second-order valence-electron chi connectivity index (χ2n) is 8.95. The van der Waals surface area contributed by atoms with Gasteiger partial charge in [0, 0.05) is 48.6 Å². The van der Waals surface area contributed by atoms with E-state index in [1.54, 1.807) is 6.33 Å². The van der Waals surface area contributed by atoms with Crippen LogP contribution in [0, 0.1) is 5.92 Å². The lowest BCUT2D eigenvalue weighted by Crippen LogP contribution is -2.45. The Kier molecular flexibility index (Phi) is 6.73. The topological polar surface area (TPSA) is 54.3 Å². The second-order valence-corrected chi connectivity index (χ2v) is 9.39. The van der Waals surface area contributed by atoms with Gasteiger partial charge in [-0.2, -0.15) is 0 Å². The van der Waals surface area contributed by atoms with Crippen molar-refractivity contribution in [1.82, 2.24) is 19.4 Å². The van der Waals surface area contributed by atoms with E-state index in [0.717, 1.165) is 66.1 Å². The Morgan fingerprint density at radius 3 is 2.63 bits per heavy atom. The molecule has 6 nitrogen and oxygen atoms in total. The fourth-order valence-electron chi connectivity index (χ4n) is 5.11. The smallest absolute Gasteiger partial charge is 0.227 e. The van der Waals surface area contributed by atoms with Gasteiger partial charge in [0.25, 0.3) is 0 Å². The first-order valence-electron chi connectivity index (χ1n) is 12.3. The minimum absolute atomic E-state index is 0.0242. The van der Waals surface area contributed by atoms with E-state index in [1.165, 1.54) is 0 Å². The van der Waals surface area contributed by atoms with Gasteiger partial charge in [0.2, 0.25) is 5.91 Å². The number of hydrogen-bond donors (Lipinski definition) is 0. The maximum Gasteiger partial charge on any atom is 0.227 e. The molecule has 0 bridgehead atoms. The molecule has 0 N–H and O–H groups in total. The van der Waals surface area contributed by atoms with Crippen LogP contribution in [0.1, 0.15) is 26.7 Å². The number of rotatable bonds is 6. The van der Waals surface area contributed by atoms with Crippen LogP contribution in [0.15, 0.2) is 67.1 Å². The van der Waals surface area contributed by atoms with Crippen LogP contribution < -0.4 is 4.90 Å². The third kappa shape index (κ3) is 4.50. The average Bonchev–Trinajstić information content (AvgIpc) is 3.30. The van der Waals surface area contributed by atoms with E-state index in [1.807, 2.05) is 61.2 Å². The molecule has 0 aliphatic carbocycles. The molecule has 1 aliphatic heterocycles. The molecular weight excluding hydrogens is 458 g/mol. The van der Waals surface area contributed by atoms with Gasteiger partial charge in [0.1, 0.15) is 12.1 Å². The fourth-order valence-corrected chi connectivity index (χ4v) is 5.29. The summed E-state index contributed by atoms with van der Waals surface area (Å²) in [6, 6.07) is 18.1. The van der Waals surface area contributed by atoms with Crippen LogP contribution in [0.25, 0.3) is 27.8 Å². The van der Waals surface area contributed by atoms with Crippen molar-refractivity contribution in [3.05, 3.63) is 72.1 Å². The molecule has 4 aromatic rings. The first kappa shape index (κ1) is 23.4. The van der Waals surface area contributed by atoms with Crippen LogP contribution in [0.5, 0.6) is 0 Å². The number of carbonyl (C=O) groups is 1. The van der Waals surface area contributed by atoms with E-state index in [2.05, 4.69) is 27.8 Å². The summed E-state index contributed by atoms with van der Waals surface area (Å²) < 4.78 is 2.08. The molecule has 5 rings (SSSR count). The van der Waals surface area contributed by atoms with Crippen molar-refractivity contribution in [2.45, 2.75) is 26.7 Å². The summed E-state index contributed by atoms with van der Waals surface area (Å²) in [5.41, 5.74) is 3.94. The molecule has 0 radical (unpaired) electrons. The molecule has 0 spiro atoms. The van der Waals surface area contributed by atoms with Gasteiger partial charge in [0.05, 0.1) is 11.3 Å². The summed E-state index contributed by atoms with van der Waals surface area (Å²) in [7, 11) is 0. The fraction of sp³-hybridized carbons (Fsp3) is 0.321. The molecule has 1 unspecified atom stereocenters. The Morgan fingerprint density at radius 2 is 1.89 bits per heavy atom. The predicted molar refractivity (Wildman–Crippen MR) is 142 cm³/mol. The predicted octanol–water partition coefficient (Wildman–Crippen LogP) is 5.83. The third-order valence-corrected chi connectivity index (χ3v) is 7.11. The van der Waals surface area contributed by atoms with Crippen LogP contribution in [-0.2, 0) is 4.79 Å². The van der Waals surface area contributed by atoms with Crippen molar-refractivity contribution >= 4 is 34.4 Å². The van der Waals surface area contributed by atoms with Crippen molar-refractivity contribution in [1.29, 1.82) is 0 Å². The number of halogens is 1. The van der Waals surface area contributed by atoms with Crippen LogP contribution in [-0.4, -0.2) is 51.5 Å². The molecule has 0 saturated carbocycles. The quantitative estimate of drug-likeness (QED) is 0.343. The molecule has 1 saturated heterocycles. The Morgan fingerprint density at radius 1 is 1.09 bits per heavy atom. The highest BCUT2D eigenvalue weighted by Crippen LogP contribution is 2.38. The lowest BCUT2D eigenvalue weighted by atomic mass is 9.96. The highest BCUT2D eigenvalue weighted by Gasteiger charge is 2.30. The van der Waals surface area contributed by atoms with Gasteiger partial charge in [-0.1, -0.05) is 48.0 Å². The summed E-state index contributed by atoms with van der Waals surface area (Å²) in [5.74, 6) is 1.10. The number of hydrogen-bond acceptors (Lipinski definition) is 4. The molecule has 1 aliphatic rings. The Hall–Kier alpha value is -3.38. The number of piperidine rings is 1. The average molecular weight is 488 g/mol. The third-order valence-electron chi connectivity index (χ3n) is 6.88. The molecule has 3 heterocycles. The van der Waals surface area contributed by atoms with Crippen LogP contribution >= 0.6 is 11.6 Å². The zero-order chi connectivity index (χ0) is 24.4. The number of benzene rings is 2. The maximum absolute atomic E-state index is 13.2. The summed E-state index contributed by atoms with van der Waals surface area (Å²) >= 11 is 6.33. The standard InChI is InChI=1S/C28H30ClN5O/c1-3-32(4-2)28(35)21-12-9-15-33(17-21)26-25-24(20-10-6-5-7-11-20)18-34(27(25)31-19-30-26)23-14-8-13-22(29)16-23/h5-8,10-11,13-14,16,18-19,21H,3-4,9,12,15,17H2,1-2H3. The molecular formula is C28H30ClN5O.